The number of hydrogen-bond donors (Lipinski definition) is 1. The highest BCUT2D eigenvalue weighted by molar-refractivity contribution is 5.97. The Bertz CT molecular complexity index is 1720. The number of nitriles is 1. The summed E-state index contributed by atoms with van der Waals surface area (Å²) in [6, 6.07) is 28.7. The van der Waals surface area contributed by atoms with Gasteiger partial charge in [0.25, 0.3) is 0 Å². The van der Waals surface area contributed by atoms with Crippen molar-refractivity contribution in [3.8, 4) is 17.2 Å². The van der Waals surface area contributed by atoms with Crippen molar-refractivity contribution in [1.29, 1.82) is 5.26 Å². The number of aromatic nitrogens is 1. The summed E-state index contributed by atoms with van der Waals surface area (Å²) < 4.78 is 5.19. The van der Waals surface area contributed by atoms with Crippen LogP contribution in [-0.4, -0.2) is 47.0 Å². The van der Waals surface area contributed by atoms with E-state index < -0.39 is 0 Å². The minimum absolute atomic E-state index is 0.526. The Balaban J connectivity index is 1.07. The molecule has 0 radical (unpaired) electrons. The fourth-order valence-corrected chi connectivity index (χ4v) is 6.73. The summed E-state index contributed by atoms with van der Waals surface area (Å²) in [5.41, 5.74) is 9.13. The van der Waals surface area contributed by atoms with E-state index in [4.69, 9.17) is 4.42 Å². The molecular formula is C37H37N5O. The number of rotatable bonds is 8. The molecule has 2 fully saturated rings. The second-order valence-electron chi connectivity index (χ2n) is 12.0. The second kappa shape index (κ2) is 12.4. The first-order chi connectivity index (χ1) is 21.2. The Kier molecular flexibility index (Phi) is 7.92. The van der Waals surface area contributed by atoms with Gasteiger partial charge >= 0.3 is 0 Å². The molecule has 0 saturated carbocycles. The molecule has 2 aliphatic heterocycles. The molecular weight excluding hydrogens is 530 g/mol. The van der Waals surface area contributed by atoms with Crippen LogP contribution < -0.4 is 5.32 Å². The zero-order valence-corrected chi connectivity index (χ0v) is 24.5. The topological polar surface area (TPSA) is 68.3 Å². The van der Waals surface area contributed by atoms with Gasteiger partial charge in [-0.15, -0.1) is 0 Å². The third kappa shape index (κ3) is 6.19. The van der Waals surface area contributed by atoms with Crippen molar-refractivity contribution in [2.45, 2.75) is 44.7 Å². The zero-order valence-electron chi connectivity index (χ0n) is 24.5. The Morgan fingerprint density at radius 1 is 0.860 bits per heavy atom. The summed E-state index contributed by atoms with van der Waals surface area (Å²) in [5.74, 6) is 0. The molecule has 4 heterocycles. The lowest BCUT2D eigenvalue weighted by Crippen LogP contribution is -2.43. The Morgan fingerprint density at radius 2 is 1.67 bits per heavy atom. The van der Waals surface area contributed by atoms with Gasteiger partial charge < -0.3 is 14.6 Å². The average Bonchev–Trinajstić information content (AvgIpc) is 3.78. The predicted octanol–water partition coefficient (Wildman–Crippen LogP) is 7.76. The summed E-state index contributed by atoms with van der Waals surface area (Å²) in [7, 11) is 0. The van der Waals surface area contributed by atoms with Crippen LogP contribution in [0.3, 0.4) is 0 Å². The van der Waals surface area contributed by atoms with Crippen LogP contribution in [-0.2, 0) is 13.0 Å². The Hall–Kier alpha value is -4.44. The molecule has 0 unspecified atom stereocenters. The lowest BCUT2D eigenvalue weighted by Gasteiger charge is -2.36. The van der Waals surface area contributed by atoms with Crippen molar-refractivity contribution < 1.29 is 4.42 Å². The molecule has 1 N–H and O–H groups in total. The molecule has 5 aromatic rings. The van der Waals surface area contributed by atoms with Gasteiger partial charge in [-0.25, -0.2) is 0 Å². The molecule has 0 amide bonds. The molecule has 0 bridgehead atoms. The molecule has 43 heavy (non-hydrogen) atoms. The molecule has 3 aromatic carbocycles. The van der Waals surface area contributed by atoms with Crippen LogP contribution in [0.5, 0.6) is 0 Å². The van der Waals surface area contributed by atoms with E-state index in [0.717, 1.165) is 52.4 Å². The van der Waals surface area contributed by atoms with E-state index in [9.17, 15) is 5.26 Å². The number of furan rings is 1. The molecule has 2 aliphatic rings. The third-order valence-corrected chi connectivity index (χ3v) is 9.08. The van der Waals surface area contributed by atoms with E-state index in [0.29, 0.717) is 5.56 Å². The molecule has 6 heteroatoms. The van der Waals surface area contributed by atoms with Crippen LogP contribution in [0.15, 0.2) is 95.9 Å². The van der Waals surface area contributed by atoms with Crippen molar-refractivity contribution in [3.05, 3.63) is 114 Å². The first-order valence-electron chi connectivity index (χ1n) is 15.5. The van der Waals surface area contributed by atoms with Gasteiger partial charge in [-0.2, -0.15) is 5.26 Å². The smallest absolute Gasteiger partial charge is 0.103 e. The molecule has 0 atom stereocenters. The number of anilines is 2. The largest absolute Gasteiger partial charge is 0.472 e. The van der Waals surface area contributed by atoms with Gasteiger partial charge in [0.05, 0.1) is 29.3 Å². The van der Waals surface area contributed by atoms with Gasteiger partial charge in [-0.05, 0) is 110 Å². The highest BCUT2D eigenvalue weighted by atomic mass is 16.3. The van der Waals surface area contributed by atoms with Crippen LogP contribution in [0, 0.1) is 11.3 Å². The summed E-state index contributed by atoms with van der Waals surface area (Å²) >= 11 is 0. The summed E-state index contributed by atoms with van der Waals surface area (Å²) in [6.07, 6.45) is 11.3. The van der Waals surface area contributed by atoms with Crippen LogP contribution in [0.25, 0.3) is 22.0 Å². The molecule has 0 spiro atoms. The Morgan fingerprint density at radius 3 is 2.44 bits per heavy atom. The summed E-state index contributed by atoms with van der Waals surface area (Å²) in [6.45, 7) is 5.93. The van der Waals surface area contributed by atoms with E-state index in [2.05, 4.69) is 92.9 Å². The van der Waals surface area contributed by atoms with Crippen molar-refractivity contribution in [2.75, 3.05) is 31.5 Å². The maximum atomic E-state index is 9.87. The number of nitrogens with zero attached hydrogens (tertiary/aromatic N) is 4. The maximum absolute atomic E-state index is 9.87. The first-order valence-corrected chi connectivity index (χ1v) is 15.5. The molecule has 0 aliphatic carbocycles. The third-order valence-electron chi connectivity index (χ3n) is 9.08. The number of fused-ring (bicyclic) bond motifs is 1. The van der Waals surface area contributed by atoms with Gasteiger partial charge in [-0.1, -0.05) is 42.5 Å². The highest BCUT2D eigenvalue weighted by Crippen LogP contribution is 2.32. The van der Waals surface area contributed by atoms with Crippen LogP contribution in [0.1, 0.15) is 47.9 Å². The van der Waals surface area contributed by atoms with Crippen LogP contribution in [0.2, 0.25) is 0 Å². The van der Waals surface area contributed by atoms with E-state index in [1.807, 2.05) is 6.07 Å². The SMILES string of the molecule is N#Cc1cnc2cc(-c3cccc(CN4CCC(N5CCCC5)CC4)c3)ccc2c1Nc1ccc(Cc2ccoc2)cc1. The van der Waals surface area contributed by atoms with E-state index >= 15 is 0 Å². The number of likely N-dealkylation sites (tertiary alicyclic amines) is 2. The maximum Gasteiger partial charge on any atom is 0.103 e. The normalized spacial score (nSPS) is 16.4. The van der Waals surface area contributed by atoms with E-state index in [1.54, 1.807) is 18.7 Å². The van der Waals surface area contributed by atoms with Gasteiger partial charge in [0.1, 0.15) is 6.07 Å². The van der Waals surface area contributed by atoms with Gasteiger partial charge in [-0.3, -0.25) is 9.88 Å². The van der Waals surface area contributed by atoms with E-state index in [-0.39, 0.29) is 0 Å². The number of pyridine rings is 1. The average molecular weight is 568 g/mol. The van der Waals surface area contributed by atoms with Crippen molar-refractivity contribution in [3.63, 3.8) is 0 Å². The molecule has 2 aromatic heterocycles. The van der Waals surface area contributed by atoms with Crippen LogP contribution in [0.4, 0.5) is 11.4 Å². The number of benzene rings is 3. The fourth-order valence-electron chi connectivity index (χ4n) is 6.73. The fraction of sp³-hybridized carbons (Fsp3) is 0.297. The van der Waals surface area contributed by atoms with Crippen molar-refractivity contribution >= 4 is 22.3 Å². The predicted molar refractivity (Wildman–Crippen MR) is 172 cm³/mol. The quantitative estimate of drug-likeness (QED) is 0.207. The second-order valence-corrected chi connectivity index (χ2v) is 12.0. The van der Waals surface area contributed by atoms with Gasteiger partial charge in [0, 0.05) is 36.3 Å². The van der Waals surface area contributed by atoms with Crippen molar-refractivity contribution in [1.82, 2.24) is 14.8 Å². The molecule has 216 valence electrons. The summed E-state index contributed by atoms with van der Waals surface area (Å²) in [5, 5.41) is 14.3. The number of hydrogen-bond acceptors (Lipinski definition) is 6. The number of piperidine rings is 1. The lowest BCUT2D eigenvalue weighted by molar-refractivity contribution is 0.122. The standard InChI is InChI=1S/C37H37N5O/c38-23-32-24-39-36-22-31(8-11-35(36)37(32)40-33-9-6-27(7-10-33)20-29-14-19-43-26-29)30-5-3-4-28(21-30)25-41-17-12-34(13-18-41)42-15-1-2-16-42/h3-11,14,19,21-22,24,26,34H,1-2,12-13,15-18,20,25H2,(H,39,40). The lowest BCUT2D eigenvalue weighted by atomic mass is 9.99. The highest BCUT2D eigenvalue weighted by Gasteiger charge is 2.26. The number of nitrogens with one attached hydrogen (secondary N) is 1. The minimum Gasteiger partial charge on any atom is -0.472 e. The zero-order chi connectivity index (χ0) is 29.0. The Labute approximate surface area is 253 Å². The monoisotopic (exact) mass is 567 g/mol. The van der Waals surface area contributed by atoms with Crippen LogP contribution >= 0.6 is 0 Å². The molecule has 6 nitrogen and oxygen atoms in total. The first kappa shape index (κ1) is 27.4. The van der Waals surface area contributed by atoms with Gasteiger partial charge in [0.2, 0.25) is 0 Å². The minimum atomic E-state index is 0.526. The van der Waals surface area contributed by atoms with Crippen molar-refractivity contribution in [2.24, 2.45) is 0 Å². The van der Waals surface area contributed by atoms with Gasteiger partial charge in [0.15, 0.2) is 0 Å². The molecule has 2 saturated heterocycles. The molecule has 7 rings (SSSR count). The summed E-state index contributed by atoms with van der Waals surface area (Å²) in [4.78, 5) is 9.99. The van der Waals surface area contributed by atoms with E-state index in [1.165, 1.54) is 68.6 Å².